The van der Waals surface area contributed by atoms with E-state index in [1.54, 1.807) is 0 Å². The molecule has 3 nitrogen and oxygen atoms in total. The van der Waals surface area contributed by atoms with Crippen LogP contribution < -0.4 is 5.32 Å². The quantitative estimate of drug-likeness (QED) is 0.758. The van der Waals surface area contributed by atoms with Gasteiger partial charge in [-0.25, -0.2) is 0 Å². The first-order valence-corrected chi connectivity index (χ1v) is 9.16. The van der Waals surface area contributed by atoms with Crippen LogP contribution >= 0.6 is 0 Å². The molecule has 2 rings (SSSR count). The minimum absolute atomic E-state index is 0.00633. The van der Waals surface area contributed by atoms with Crippen molar-refractivity contribution in [3.63, 3.8) is 0 Å². The summed E-state index contributed by atoms with van der Waals surface area (Å²) in [5.74, 6) is 0.650. The van der Waals surface area contributed by atoms with Crippen LogP contribution in [0.25, 0.3) is 0 Å². The molecule has 0 aromatic heterocycles. The molecule has 124 valence electrons. The zero-order valence-electron chi connectivity index (χ0n) is 14.5. The van der Waals surface area contributed by atoms with Gasteiger partial charge in [0.1, 0.15) is 0 Å². The van der Waals surface area contributed by atoms with Gasteiger partial charge in [-0.05, 0) is 70.1 Å². The molecule has 1 heterocycles. The molecular weight excluding hydrogens is 260 g/mol. The standard InChI is InChI=1S/C18H36N2O/c1-4-17(5-2)10-13-20(14-11-17)12-8-16-7-6-9-18(16,15-21)19-3/h16,19,21H,4-15H2,1-3H3. The maximum atomic E-state index is 9.78. The summed E-state index contributed by atoms with van der Waals surface area (Å²) in [6.45, 7) is 8.79. The van der Waals surface area contributed by atoms with E-state index in [4.69, 9.17) is 0 Å². The molecule has 3 heteroatoms. The Morgan fingerprint density at radius 1 is 1.14 bits per heavy atom. The molecule has 0 amide bonds. The minimum atomic E-state index is 0.00633. The molecule has 1 aliphatic carbocycles. The van der Waals surface area contributed by atoms with Crippen LogP contribution in [0, 0.1) is 11.3 Å². The summed E-state index contributed by atoms with van der Waals surface area (Å²) in [4.78, 5) is 2.67. The van der Waals surface area contributed by atoms with Gasteiger partial charge in [0.05, 0.1) is 6.61 Å². The summed E-state index contributed by atoms with van der Waals surface area (Å²) < 4.78 is 0. The second-order valence-electron chi connectivity index (χ2n) is 7.49. The molecule has 0 aromatic rings. The number of likely N-dealkylation sites (N-methyl/N-ethyl adjacent to an activating group) is 1. The molecule has 21 heavy (non-hydrogen) atoms. The van der Waals surface area contributed by atoms with Crippen molar-refractivity contribution >= 4 is 0 Å². The number of likely N-dealkylation sites (tertiary alicyclic amines) is 1. The van der Waals surface area contributed by atoms with Crippen LogP contribution in [-0.2, 0) is 0 Å². The van der Waals surface area contributed by atoms with Gasteiger partial charge < -0.3 is 15.3 Å². The number of nitrogens with one attached hydrogen (secondary N) is 1. The van der Waals surface area contributed by atoms with Gasteiger partial charge in [0, 0.05) is 5.54 Å². The van der Waals surface area contributed by atoms with Crippen molar-refractivity contribution < 1.29 is 5.11 Å². The van der Waals surface area contributed by atoms with Crippen molar-refractivity contribution in [2.75, 3.05) is 33.3 Å². The Morgan fingerprint density at radius 2 is 1.81 bits per heavy atom. The number of nitrogens with zero attached hydrogens (tertiary/aromatic N) is 1. The fraction of sp³-hybridized carbons (Fsp3) is 1.00. The van der Waals surface area contributed by atoms with Crippen molar-refractivity contribution in [3.05, 3.63) is 0 Å². The number of hydrogen-bond donors (Lipinski definition) is 2. The van der Waals surface area contributed by atoms with Gasteiger partial charge in [-0.15, -0.1) is 0 Å². The highest BCUT2D eigenvalue weighted by molar-refractivity contribution is 4.98. The lowest BCUT2D eigenvalue weighted by Gasteiger charge is -2.42. The van der Waals surface area contributed by atoms with E-state index in [0.717, 1.165) is 6.42 Å². The largest absolute Gasteiger partial charge is 0.394 e. The van der Waals surface area contributed by atoms with E-state index in [2.05, 4.69) is 24.1 Å². The average Bonchev–Trinajstić information content (AvgIpc) is 2.97. The highest BCUT2D eigenvalue weighted by Gasteiger charge is 2.41. The lowest BCUT2D eigenvalue weighted by atomic mass is 9.74. The van der Waals surface area contributed by atoms with Gasteiger partial charge >= 0.3 is 0 Å². The summed E-state index contributed by atoms with van der Waals surface area (Å²) >= 11 is 0. The van der Waals surface area contributed by atoms with Crippen molar-refractivity contribution in [3.8, 4) is 0 Å². The molecule has 0 aromatic carbocycles. The van der Waals surface area contributed by atoms with Gasteiger partial charge in [-0.1, -0.05) is 33.1 Å². The molecule has 0 spiro atoms. The monoisotopic (exact) mass is 296 g/mol. The molecule has 2 unspecified atom stereocenters. The Labute approximate surface area is 131 Å². The van der Waals surface area contributed by atoms with Gasteiger partial charge in [0.2, 0.25) is 0 Å². The first-order valence-electron chi connectivity index (χ1n) is 9.16. The zero-order chi connectivity index (χ0) is 15.3. The Bertz CT molecular complexity index is 300. The molecule has 0 bridgehead atoms. The molecule has 1 saturated heterocycles. The van der Waals surface area contributed by atoms with Crippen molar-refractivity contribution in [1.82, 2.24) is 10.2 Å². The molecule has 2 N–H and O–H groups in total. The van der Waals surface area contributed by atoms with E-state index >= 15 is 0 Å². The lowest BCUT2D eigenvalue weighted by Crippen LogP contribution is -2.50. The first-order chi connectivity index (χ1) is 10.1. The van der Waals surface area contributed by atoms with Crippen LogP contribution in [0.1, 0.15) is 65.2 Å². The molecule has 0 radical (unpaired) electrons. The van der Waals surface area contributed by atoms with Crippen LogP contribution in [0.2, 0.25) is 0 Å². The smallest absolute Gasteiger partial charge is 0.0615 e. The summed E-state index contributed by atoms with van der Waals surface area (Å²) in [6.07, 6.45) is 10.4. The number of piperidine rings is 1. The Kier molecular flexibility index (Phi) is 6.10. The third-order valence-electron chi connectivity index (χ3n) is 6.95. The van der Waals surface area contributed by atoms with Gasteiger partial charge in [0.15, 0.2) is 0 Å². The molecular formula is C18H36N2O. The summed E-state index contributed by atoms with van der Waals surface area (Å²) in [6, 6.07) is 0. The van der Waals surface area contributed by atoms with E-state index in [1.807, 2.05) is 7.05 Å². The minimum Gasteiger partial charge on any atom is -0.394 e. The maximum Gasteiger partial charge on any atom is 0.0615 e. The highest BCUT2D eigenvalue weighted by atomic mass is 16.3. The Balaban J connectivity index is 1.80. The summed E-state index contributed by atoms with van der Waals surface area (Å²) in [5.41, 5.74) is 0.635. The third-order valence-corrected chi connectivity index (χ3v) is 6.95. The number of rotatable bonds is 7. The predicted octanol–water partition coefficient (Wildman–Crippen LogP) is 3.03. The molecule has 1 aliphatic heterocycles. The van der Waals surface area contributed by atoms with Crippen molar-refractivity contribution in [2.45, 2.75) is 70.8 Å². The Hall–Kier alpha value is -0.120. The lowest BCUT2D eigenvalue weighted by molar-refractivity contribution is 0.0789. The van der Waals surface area contributed by atoms with E-state index in [-0.39, 0.29) is 5.54 Å². The topological polar surface area (TPSA) is 35.5 Å². The highest BCUT2D eigenvalue weighted by Crippen LogP contribution is 2.40. The maximum absolute atomic E-state index is 9.78. The fourth-order valence-corrected chi connectivity index (χ4v) is 4.73. The summed E-state index contributed by atoms with van der Waals surface area (Å²) in [7, 11) is 2.02. The third kappa shape index (κ3) is 3.62. The second kappa shape index (κ2) is 7.43. The van der Waals surface area contributed by atoms with Crippen LogP contribution in [-0.4, -0.2) is 48.8 Å². The van der Waals surface area contributed by atoms with Crippen LogP contribution in [0.5, 0.6) is 0 Å². The molecule has 2 fully saturated rings. The van der Waals surface area contributed by atoms with E-state index < -0.39 is 0 Å². The average molecular weight is 296 g/mol. The second-order valence-corrected chi connectivity index (χ2v) is 7.49. The first kappa shape index (κ1) is 17.2. The molecule has 1 saturated carbocycles. The summed E-state index contributed by atoms with van der Waals surface area (Å²) in [5, 5.41) is 13.2. The van der Waals surface area contributed by atoms with Gasteiger partial charge in [-0.3, -0.25) is 0 Å². The normalized spacial score (nSPS) is 33.4. The zero-order valence-corrected chi connectivity index (χ0v) is 14.5. The van der Waals surface area contributed by atoms with Crippen LogP contribution in [0.3, 0.4) is 0 Å². The molecule has 2 atom stereocenters. The fourth-order valence-electron chi connectivity index (χ4n) is 4.73. The van der Waals surface area contributed by atoms with Crippen molar-refractivity contribution in [2.24, 2.45) is 11.3 Å². The number of aliphatic hydroxyl groups excluding tert-OH is 1. The van der Waals surface area contributed by atoms with E-state index in [0.29, 0.717) is 17.9 Å². The van der Waals surface area contributed by atoms with Gasteiger partial charge in [0.25, 0.3) is 0 Å². The predicted molar refractivity (Wildman–Crippen MR) is 89.5 cm³/mol. The molecule has 2 aliphatic rings. The number of hydrogen-bond acceptors (Lipinski definition) is 3. The SMILES string of the molecule is CCC1(CC)CCN(CCC2CCCC2(CO)NC)CC1. The van der Waals surface area contributed by atoms with Crippen LogP contribution in [0.4, 0.5) is 0 Å². The van der Waals surface area contributed by atoms with Crippen molar-refractivity contribution in [1.29, 1.82) is 0 Å². The van der Waals surface area contributed by atoms with Crippen LogP contribution in [0.15, 0.2) is 0 Å². The Morgan fingerprint density at radius 3 is 2.33 bits per heavy atom. The van der Waals surface area contributed by atoms with E-state index in [1.165, 1.54) is 64.6 Å². The van der Waals surface area contributed by atoms with E-state index in [9.17, 15) is 5.11 Å². The van der Waals surface area contributed by atoms with Gasteiger partial charge in [-0.2, -0.15) is 0 Å². The number of aliphatic hydroxyl groups is 1.